The molecule has 0 aliphatic carbocycles. The van der Waals surface area contributed by atoms with Gasteiger partial charge in [-0.25, -0.2) is 0 Å². The minimum atomic E-state index is 0.248. The predicted molar refractivity (Wildman–Crippen MR) is 71.7 cm³/mol. The quantitative estimate of drug-likeness (QED) is 0.622. The number of hydrogen-bond donors (Lipinski definition) is 3. The third-order valence-electron chi connectivity index (χ3n) is 2.43. The number of ether oxygens (including phenoxy) is 1. The molecule has 0 aromatic carbocycles. The number of aliphatic hydroxyl groups is 1. The maximum Gasteiger partial charge on any atom is 0.197 e. The van der Waals surface area contributed by atoms with Gasteiger partial charge in [0.2, 0.25) is 0 Å². The van der Waals surface area contributed by atoms with E-state index in [1.165, 1.54) is 11.5 Å². The van der Waals surface area contributed by atoms with Crippen LogP contribution in [0.15, 0.2) is 0 Å². The Morgan fingerprint density at radius 3 is 3.00 bits per heavy atom. The Labute approximate surface area is 106 Å². The molecule has 0 radical (unpaired) electrons. The van der Waals surface area contributed by atoms with Crippen LogP contribution >= 0.6 is 11.5 Å². The molecule has 0 saturated heterocycles. The lowest BCUT2D eigenvalue weighted by Crippen LogP contribution is -2.06. The van der Waals surface area contributed by atoms with Crippen molar-refractivity contribution >= 4 is 22.4 Å². The average molecular weight is 259 g/mol. The van der Waals surface area contributed by atoms with E-state index in [-0.39, 0.29) is 6.61 Å². The number of hydrogen-bond acceptors (Lipinski definition) is 6. The Hall–Kier alpha value is -1.01. The fourth-order valence-electron chi connectivity index (χ4n) is 1.43. The monoisotopic (exact) mass is 259 g/mol. The van der Waals surface area contributed by atoms with Gasteiger partial charge in [0.05, 0.1) is 6.61 Å². The molecule has 0 fully saturated rings. The number of rotatable bonds is 8. The van der Waals surface area contributed by atoms with E-state index in [9.17, 15) is 0 Å². The molecule has 17 heavy (non-hydrogen) atoms. The van der Waals surface area contributed by atoms with Crippen LogP contribution in [-0.4, -0.2) is 29.2 Å². The second-order valence-electron chi connectivity index (χ2n) is 4.02. The smallest absolute Gasteiger partial charge is 0.197 e. The molecule has 1 heterocycles. The Morgan fingerprint density at radius 2 is 2.35 bits per heavy atom. The Balaban J connectivity index is 2.36. The van der Waals surface area contributed by atoms with Gasteiger partial charge in [0, 0.05) is 13.2 Å². The van der Waals surface area contributed by atoms with E-state index in [1.807, 2.05) is 13.8 Å². The zero-order valence-corrected chi connectivity index (χ0v) is 11.2. The van der Waals surface area contributed by atoms with E-state index in [0.717, 1.165) is 24.4 Å². The summed E-state index contributed by atoms with van der Waals surface area (Å²) in [6.45, 7) is 5.63. The van der Waals surface area contributed by atoms with Crippen LogP contribution in [0.4, 0.5) is 10.8 Å². The number of nitrogens with zero attached hydrogens (tertiary/aromatic N) is 1. The Morgan fingerprint density at radius 1 is 1.59 bits per heavy atom. The SMILES string of the molecule is CCOc1c(N)nsc1NCCCC(C)CO. The number of nitrogen functional groups attached to an aromatic ring is 1. The lowest BCUT2D eigenvalue weighted by molar-refractivity contribution is 0.229. The second-order valence-corrected chi connectivity index (χ2v) is 4.79. The number of nitrogens with one attached hydrogen (secondary N) is 1. The third kappa shape index (κ3) is 4.40. The number of aromatic nitrogens is 1. The minimum absolute atomic E-state index is 0.248. The van der Waals surface area contributed by atoms with Crippen molar-refractivity contribution < 1.29 is 9.84 Å². The van der Waals surface area contributed by atoms with Crippen LogP contribution in [0.25, 0.3) is 0 Å². The van der Waals surface area contributed by atoms with Crippen LogP contribution in [0.1, 0.15) is 26.7 Å². The van der Waals surface area contributed by atoms with E-state index in [0.29, 0.717) is 24.1 Å². The highest BCUT2D eigenvalue weighted by Crippen LogP contribution is 2.34. The lowest BCUT2D eigenvalue weighted by Gasteiger charge is -2.09. The molecule has 1 unspecified atom stereocenters. The fraction of sp³-hybridized carbons (Fsp3) is 0.727. The molecule has 0 bridgehead atoms. The van der Waals surface area contributed by atoms with Crippen molar-refractivity contribution in [2.24, 2.45) is 5.92 Å². The standard InChI is InChI=1S/C11H21N3O2S/c1-3-16-9-10(12)14-17-11(9)13-6-4-5-8(2)7-15/h8,13,15H,3-7H2,1-2H3,(H2,12,14). The van der Waals surface area contributed by atoms with Crippen LogP contribution in [0.3, 0.4) is 0 Å². The predicted octanol–water partition coefficient (Wildman–Crippen LogP) is 1.94. The van der Waals surface area contributed by atoms with Crippen molar-refractivity contribution in [3.63, 3.8) is 0 Å². The topological polar surface area (TPSA) is 80.4 Å². The zero-order valence-electron chi connectivity index (χ0n) is 10.4. The molecule has 4 N–H and O–H groups in total. The molecule has 0 amide bonds. The zero-order chi connectivity index (χ0) is 12.7. The average Bonchev–Trinajstić information content (AvgIpc) is 2.67. The van der Waals surface area contributed by atoms with E-state index in [1.54, 1.807) is 0 Å². The van der Waals surface area contributed by atoms with Gasteiger partial charge >= 0.3 is 0 Å². The summed E-state index contributed by atoms with van der Waals surface area (Å²) in [6, 6.07) is 0. The summed E-state index contributed by atoms with van der Waals surface area (Å²) in [7, 11) is 0. The lowest BCUT2D eigenvalue weighted by atomic mass is 10.1. The summed E-state index contributed by atoms with van der Waals surface area (Å²) in [4.78, 5) is 0. The number of anilines is 2. The maximum atomic E-state index is 8.90. The number of nitrogens with two attached hydrogens (primary N) is 1. The van der Waals surface area contributed by atoms with Gasteiger partial charge in [-0.3, -0.25) is 0 Å². The summed E-state index contributed by atoms with van der Waals surface area (Å²) in [5.74, 6) is 1.46. The highest BCUT2D eigenvalue weighted by Gasteiger charge is 2.11. The summed E-state index contributed by atoms with van der Waals surface area (Å²) < 4.78 is 9.48. The van der Waals surface area contributed by atoms with Crippen molar-refractivity contribution in [3.05, 3.63) is 0 Å². The van der Waals surface area contributed by atoms with Crippen LogP contribution in [0.5, 0.6) is 5.75 Å². The second kappa shape index (κ2) is 7.34. The first-order chi connectivity index (χ1) is 8.19. The van der Waals surface area contributed by atoms with Gasteiger partial charge in [0.25, 0.3) is 0 Å². The first-order valence-electron chi connectivity index (χ1n) is 5.91. The first-order valence-corrected chi connectivity index (χ1v) is 6.69. The van der Waals surface area contributed by atoms with Crippen LogP contribution in [-0.2, 0) is 0 Å². The third-order valence-corrected chi connectivity index (χ3v) is 3.23. The molecule has 0 saturated carbocycles. The van der Waals surface area contributed by atoms with Gasteiger partial charge in [-0.2, -0.15) is 4.37 Å². The van der Waals surface area contributed by atoms with Crippen molar-refractivity contribution in [1.82, 2.24) is 4.37 Å². The van der Waals surface area contributed by atoms with Gasteiger partial charge in [0.15, 0.2) is 16.6 Å². The van der Waals surface area contributed by atoms with E-state index in [2.05, 4.69) is 9.69 Å². The number of aliphatic hydroxyl groups excluding tert-OH is 1. The molecule has 6 heteroatoms. The molecule has 5 nitrogen and oxygen atoms in total. The maximum absolute atomic E-state index is 8.90. The Bertz CT molecular complexity index is 331. The molecule has 0 aliphatic rings. The van der Waals surface area contributed by atoms with Crippen molar-refractivity contribution in [2.45, 2.75) is 26.7 Å². The van der Waals surface area contributed by atoms with Crippen molar-refractivity contribution in [1.29, 1.82) is 0 Å². The highest BCUT2D eigenvalue weighted by molar-refractivity contribution is 7.11. The van der Waals surface area contributed by atoms with Gasteiger partial charge in [-0.1, -0.05) is 6.92 Å². The molecular weight excluding hydrogens is 238 g/mol. The molecule has 1 aromatic heterocycles. The molecule has 1 rings (SSSR count). The van der Waals surface area contributed by atoms with Gasteiger partial charge < -0.3 is 20.9 Å². The van der Waals surface area contributed by atoms with E-state index >= 15 is 0 Å². The van der Waals surface area contributed by atoms with Crippen molar-refractivity contribution in [3.8, 4) is 5.75 Å². The van der Waals surface area contributed by atoms with Crippen LogP contribution in [0.2, 0.25) is 0 Å². The highest BCUT2D eigenvalue weighted by atomic mass is 32.1. The molecule has 98 valence electrons. The molecule has 1 aromatic rings. The molecular formula is C11H21N3O2S. The van der Waals surface area contributed by atoms with Crippen LogP contribution in [0, 0.1) is 5.92 Å². The summed E-state index contributed by atoms with van der Waals surface area (Å²) >= 11 is 1.32. The summed E-state index contributed by atoms with van der Waals surface area (Å²) in [5.41, 5.74) is 5.70. The molecule has 0 aliphatic heterocycles. The Kier molecular flexibility index (Phi) is 6.07. The van der Waals surface area contributed by atoms with Gasteiger partial charge in [-0.15, -0.1) is 0 Å². The fourth-order valence-corrected chi connectivity index (χ4v) is 2.12. The van der Waals surface area contributed by atoms with Crippen LogP contribution < -0.4 is 15.8 Å². The summed E-state index contributed by atoms with van der Waals surface area (Å²) in [5, 5.41) is 13.1. The van der Waals surface area contributed by atoms with E-state index in [4.69, 9.17) is 15.6 Å². The van der Waals surface area contributed by atoms with Crippen molar-refractivity contribution in [2.75, 3.05) is 30.8 Å². The van der Waals surface area contributed by atoms with Gasteiger partial charge in [-0.05, 0) is 37.2 Å². The summed E-state index contributed by atoms with van der Waals surface area (Å²) in [6.07, 6.45) is 2.01. The van der Waals surface area contributed by atoms with E-state index < -0.39 is 0 Å². The molecule has 1 atom stereocenters. The largest absolute Gasteiger partial charge is 0.487 e. The first kappa shape index (κ1) is 14.1. The normalized spacial score (nSPS) is 12.4. The molecule has 0 spiro atoms. The van der Waals surface area contributed by atoms with Gasteiger partial charge in [0.1, 0.15) is 0 Å². The minimum Gasteiger partial charge on any atom is -0.487 e.